The van der Waals surface area contributed by atoms with Crippen molar-refractivity contribution in [1.82, 2.24) is 29.3 Å². The SMILES string of the molecule is COc1ccc(CN2C[C@@H](n3cc(-c4cc(OCC(C)(C)O)cn5ncc(C#N)c45)cn3)[C@@H](F)C2)cn1. The smallest absolute Gasteiger partial charge is 0.212 e. The molecular weight excluding hydrogens is 477 g/mol. The van der Waals surface area contributed by atoms with Gasteiger partial charge in [0.1, 0.15) is 24.6 Å². The molecule has 1 aliphatic heterocycles. The molecule has 4 aromatic heterocycles. The minimum absolute atomic E-state index is 0.0781. The average Bonchev–Trinajstić information content (AvgIpc) is 3.60. The second-order valence-corrected chi connectivity index (χ2v) is 9.85. The van der Waals surface area contributed by atoms with Crippen LogP contribution in [0.1, 0.15) is 31.0 Å². The first-order chi connectivity index (χ1) is 17.7. The lowest BCUT2D eigenvalue weighted by Crippen LogP contribution is -2.27. The van der Waals surface area contributed by atoms with Crippen molar-refractivity contribution >= 4 is 5.52 Å². The van der Waals surface area contributed by atoms with Gasteiger partial charge in [-0.25, -0.2) is 13.9 Å². The zero-order valence-electron chi connectivity index (χ0n) is 20.9. The Hall–Kier alpha value is -4.01. The number of ether oxygens (including phenoxy) is 2. The maximum Gasteiger partial charge on any atom is 0.212 e. The van der Waals surface area contributed by atoms with Crippen molar-refractivity contribution in [3.63, 3.8) is 0 Å². The van der Waals surface area contributed by atoms with Gasteiger partial charge in [0.25, 0.3) is 0 Å². The zero-order chi connectivity index (χ0) is 26.2. The van der Waals surface area contributed by atoms with Crippen LogP contribution < -0.4 is 9.47 Å². The molecule has 5 heterocycles. The quantitative estimate of drug-likeness (QED) is 0.389. The van der Waals surface area contributed by atoms with Crippen molar-refractivity contribution < 1.29 is 19.0 Å². The Morgan fingerprint density at radius 3 is 2.73 bits per heavy atom. The minimum Gasteiger partial charge on any atom is -0.489 e. The number of rotatable bonds is 8. The van der Waals surface area contributed by atoms with Crippen molar-refractivity contribution in [2.45, 2.75) is 38.2 Å². The number of alkyl halides is 1. The number of hydrogen-bond acceptors (Lipinski definition) is 8. The third-order valence-electron chi connectivity index (χ3n) is 6.26. The van der Waals surface area contributed by atoms with Crippen molar-refractivity contribution in [1.29, 1.82) is 5.26 Å². The van der Waals surface area contributed by atoms with Gasteiger partial charge in [-0.15, -0.1) is 0 Å². The number of fused-ring (bicyclic) bond motifs is 1. The molecule has 0 amide bonds. The van der Waals surface area contributed by atoms with Gasteiger partial charge in [-0.05, 0) is 25.5 Å². The van der Waals surface area contributed by atoms with Gasteiger partial charge in [-0.3, -0.25) is 9.58 Å². The van der Waals surface area contributed by atoms with E-state index in [1.807, 2.05) is 11.0 Å². The monoisotopic (exact) mass is 505 g/mol. The van der Waals surface area contributed by atoms with E-state index in [1.54, 1.807) is 67.1 Å². The van der Waals surface area contributed by atoms with Gasteiger partial charge in [0.15, 0.2) is 0 Å². The molecule has 0 aliphatic carbocycles. The number of nitriles is 1. The summed E-state index contributed by atoms with van der Waals surface area (Å²) < 4.78 is 29.2. The Morgan fingerprint density at radius 2 is 2.03 bits per heavy atom. The van der Waals surface area contributed by atoms with E-state index in [9.17, 15) is 10.4 Å². The molecule has 1 fully saturated rings. The molecular formula is C26H28FN7O3. The molecule has 2 atom stereocenters. The molecule has 192 valence electrons. The molecule has 0 bridgehead atoms. The predicted octanol–water partition coefficient (Wildman–Crippen LogP) is 3.02. The Morgan fingerprint density at radius 1 is 1.19 bits per heavy atom. The highest BCUT2D eigenvalue weighted by atomic mass is 19.1. The standard InChI is InChI=1S/C26H28FN7O3/c1-26(2,35)16-37-20-6-21(25-18(7-28)9-31-34(25)13-20)19-10-30-33(12-19)23-15-32(14-22(23)27)11-17-4-5-24(36-3)29-8-17/h4-6,8-10,12-13,22-23,35H,11,14-16H2,1-3H3/t22-,23+/m0/s1. The highest BCUT2D eigenvalue weighted by Crippen LogP contribution is 2.33. The topological polar surface area (TPSA) is 114 Å². The molecule has 10 nitrogen and oxygen atoms in total. The van der Waals surface area contributed by atoms with Crippen LogP contribution >= 0.6 is 0 Å². The largest absolute Gasteiger partial charge is 0.489 e. The first-order valence-electron chi connectivity index (χ1n) is 11.9. The lowest BCUT2D eigenvalue weighted by molar-refractivity contribution is 0.0283. The molecule has 0 aromatic carbocycles. The van der Waals surface area contributed by atoms with E-state index in [4.69, 9.17) is 9.47 Å². The first kappa shape index (κ1) is 24.7. The molecule has 11 heteroatoms. The number of methoxy groups -OCH3 is 1. The third kappa shape index (κ3) is 5.26. The zero-order valence-corrected chi connectivity index (χ0v) is 20.9. The Kier molecular flexibility index (Phi) is 6.54. The van der Waals surface area contributed by atoms with Crippen LogP contribution in [0.25, 0.3) is 16.6 Å². The number of nitrogens with zero attached hydrogens (tertiary/aromatic N) is 7. The molecule has 1 saturated heterocycles. The lowest BCUT2D eigenvalue weighted by Gasteiger charge is -2.18. The summed E-state index contributed by atoms with van der Waals surface area (Å²) in [5.74, 6) is 1.02. The maximum absolute atomic E-state index is 15.1. The van der Waals surface area contributed by atoms with Crippen molar-refractivity contribution in [2.75, 3.05) is 26.8 Å². The highest BCUT2D eigenvalue weighted by Gasteiger charge is 2.35. The van der Waals surface area contributed by atoms with E-state index in [2.05, 4.69) is 21.3 Å². The summed E-state index contributed by atoms with van der Waals surface area (Å²) in [6.07, 6.45) is 7.25. The highest BCUT2D eigenvalue weighted by molar-refractivity contribution is 5.84. The van der Waals surface area contributed by atoms with E-state index in [-0.39, 0.29) is 13.2 Å². The van der Waals surface area contributed by atoms with Gasteiger partial charge in [0.2, 0.25) is 5.88 Å². The summed E-state index contributed by atoms with van der Waals surface area (Å²) in [5, 5.41) is 28.4. The van der Waals surface area contributed by atoms with Crippen molar-refractivity contribution in [3.8, 4) is 28.8 Å². The molecule has 0 unspecified atom stereocenters. The van der Waals surface area contributed by atoms with Crippen LogP contribution in [0, 0.1) is 11.3 Å². The fraction of sp³-hybridized carbons (Fsp3) is 0.385. The lowest BCUT2D eigenvalue weighted by atomic mass is 10.1. The van der Waals surface area contributed by atoms with Gasteiger partial charge in [-0.2, -0.15) is 15.5 Å². The molecule has 37 heavy (non-hydrogen) atoms. The van der Waals surface area contributed by atoms with Gasteiger partial charge in [0.05, 0.1) is 48.4 Å². The third-order valence-corrected chi connectivity index (χ3v) is 6.26. The number of hydrogen-bond donors (Lipinski definition) is 1. The van der Waals surface area contributed by atoms with Crippen LogP contribution in [0.5, 0.6) is 11.6 Å². The Bertz CT molecular complexity index is 1440. The number of aromatic nitrogens is 5. The number of pyridine rings is 2. The Labute approximate surface area is 213 Å². The summed E-state index contributed by atoms with van der Waals surface area (Å²) in [6, 6.07) is 7.22. The molecule has 4 aromatic rings. The summed E-state index contributed by atoms with van der Waals surface area (Å²) in [5.41, 5.74) is 2.36. The molecule has 0 radical (unpaired) electrons. The van der Waals surface area contributed by atoms with E-state index in [1.165, 1.54) is 6.20 Å². The summed E-state index contributed by atoms with van der Waals surface area (Å²) in [6.45, 7) is 4.74. The van der Waals surface area contributed by atoms with Crippen LogP contribution in [0.15, 0.2) is 49.2 Å². The van der Waals surface area contributed by atoms with Gasteiger partial charge < -0.3 is 14.6 Å². The fourth-order valence-electron chi connectivity index (χ4n) is 4.48. The molecule has 1 N–H and O–H groups in total. The molecule has 5 rings (SSSR count). The number of likely N-dealkylation sites (tertiary alicyclic amines) is 1. The molecule has 0 saturated carbocycles. The van der Waals surface area contributed by atoms with E-state index in [0.717, 1.165) is 5.56 Å². The predicted molar refractivity (Wildman–Crippen MR) is 133 cm³/mol. The molecule has 0 spiro atoms. The number of halogens is 1. The van der Waals surface area contributed by atoms with Crippen LogP contribution in [-0.2, 0) is 6.54 Å². The Balaban J connectivity index is 1.40. The van der Waals surface area contributed by atoms with Crippen LogP contribution in [-0.4, -0.2) is 73.0 Å². The summed E-state index contributed by atoms with van der Waals surface area (Å²) >= 11 is 0. The van der Waals surface area contributed by atoms with Crippen molar-refractivity contribution in [3.05, 3.63) is 60.3 Å². The van der Waals surface area contributed by atoms with Crippen LogP contribution in [0.4, 0.5) is 4.39 Å². The second-order valence-electron chi connectivity index (χ2n) is 9.85. The van der Waals surface area contributed by atoms with Crippen LogP contribution in [0.2, 0.25) is 0 Å². The van der Waals surface area contributed by atoms with E-state index in [0.29, 0.717) is 46.9 Å². The fourth-order valence-corrected chi connectivity index (χ4v) is 4.48. The van der Waals surface area contributed by atoms with Crippen molar-refractivity contribution in [2.24, 2.45) is 0 Å². The summed E-state index contributed by atoms with van der Waals surface area (Å²) in [4.78, 5) is 6.26. The molecule has 1 aliphatic rings. The second kappa shape index (κ2) is 9.80. The van der Waals surface area contributed by atoms with Gasteiger partial charge >= 0.3 is 0 Å². The normalized spacial score (nSPS) is 18.3. The average molecular weight is 506 g/mol. The summed E-state index contributed by atoms with van der Waals surface area (Å²) in [7, 11) is 1.57. The first-order valence-corrected chi connectivity index (χ1v) is 11.9. The van der Waals surface area contributed by atoms with E-state index >= 15 is 4.39 Å². The van der Waals surface area contributed by atoms with Gasteiger partial charge in [0, 0.05) is 49.2 Å². The minimum atomic E-state index is -1.09. The maximum atomic E-state index is 15.1. The van der Waals surface area contributed by atoms with Gasteiger partial charge in [-0.1, -0.05) is 6.07 Å². The van der Waals surface area contributed by atoms with Crippen LogP contribution in [0.3, 0.4) is 0 Å². The number of aliphatic hydroxyl groups is 1. The van der Waals surface area contributed by atoms with E-state index < -0.39 is 17.8 Å².